The highest BCUT2D eigenvalue weighted by molar-refractivity contribution is 5.95. The molecule has 0 aromatic heterocycles. The monoisotopic (exact) mass is 188 g/mol. The maximum Gasteiger partial charge on any atom is 0.160 e. The molecule has 0 amide bonds. The summed E-state index contributed by atoms with van der Waals surface area (Å²) in [5.41, 5.74) is 2.15. The number of ketones is 1. The Morgan fingerprint density at radius 1 is 1.36 bits per heavy atom. The summed E-state index contributed by atoms with van der Waals surface area (Å²) in [6.07, 6.45) is 2.65. The van der Waals surface area contributed by atoms with E-state index in [-0.39, 0.29) is 5.78 Å². The third-order valence-corrected chi connectivity index (χ3v) is 3.16. The first kappa shape index (κ1) is 9.45. The van der Waals surface area contributed by atoms with E-state index in [9.17, 15) is 4.79 Å². The molecule has 1 unspecified atom stereocenters. The second-order valence-electron chi connectivity index (χ2n) is 4.27. The van der Waals surface area contributed by atoms with Gasteiger partial charge in [-0.25, -0.2) is 0 Å². The minimum Gasteiger partial charge on any atom is -0.295 e. The van der Waals surface area contributed by atoms with Gasteiger partial charge in [-0.1, -0.05) is 31.2 Å². The van der Waals surface area contributed by atoms with Crippen LogP contribution >= 0.6 is 0 Å². The number of Topliss-reactive ketones (excluding diaryl/α,β-unsaturated/α-hetero) is 1. The zero-order valence-electron chi connectivity index (χ0n) is 8.79. The maximum atomic E-state index is 11.4. The first-order chi connectivity index (χ1) is 6.70. The lowest BCUT2D eigenvalue weighted by molar-refractivity contribution is 0.101. The molecular weight excluding hydrogens is 172 g/mol. The summed E-state index contributed by atoms with van der Waals surface area (Å²) in [5.74, 6) is 1.55. The van der Waals surface area contributed by atoms with E-state index in [4.69, 9.17) is 0 Å². The standard InChI is InChI=1S/C13H16O/c1-9(11-7-8-11)12-5-3-4-6-13(12)10(2)14/h3-6,9,11H,7-8H2,1-2H3. The van der Waals surface area contributed by atoms with Crippen molar-refractivity contribution in [3.8, 4) is 0 Å². The maximum absolute atomic E-state index is 11.4. The zero-order chi connectivity index (χ0) is 10.1. The van der Waals surface area contributed by atoms with Gasteiger partial charge in [0.1, 0.15) is 0 Å². The van der Waals surface area contributed by atoms with Crippen LogP contribution < -0.4 is 0 Å². The lowest BCUT2D eigenvalue weighted by atomic mass is 9.90. The third-order valence-electron chi connectivity index (χ3n) is 3.16. The Morgan fingerprint density at radius 3 is 2.57 bits per heavy atom. The highest BCUT2D eigenvalue weighted by Gasteiger charge is 2.30. The topological polar surface area (TPSA) is 17.1 Å². The molecule has 1 heteroatoms. The molecule has 1 atom stereocenters. The van der Waals surface area contributed by atoms with Crippen LogP contribution in [0.5, 0.6) is 0 Å². The van der Waals surface area contributed by atoms with Crippen molar-refractivity contribution in [1.29, 1.82) is 0 Å². The Labute approximate surface area is 85.1 Å². The van der Waals surface area contributed by atoms with Crippen LogP contribution in [0.15, 0.2) is 24.3 Å². The minimum absolute atomic E-state index is 0.188. The van der Waals surface area contributed by atoms with E-state index < -0.39 is 0 Å². The van der Waals surface area contributed by atoms with Crippen molar-refractivity contribution in [3.63, 3.8) is 0 Å². The van der Waals surface area contributed by atoms with Crippen molar-refractivity contribution in [3.05, 3.63) is 35.4 Å². The number of benzene rings is 1. The van der Waals surface area contributed by atoms with Crippen molar-refractivity contribution in [2.45, 2.75) is 32.6 Å². The van der Waals surface area contributed by atoms with E-state index in [1.165, 1.54) is 18.4 Å². The van der Waals surface area contributed by atoms with Crippen LogP contribution in [0.4, 0.5) is 0 Å². The average molecular weight is 188 g/mol. The number of carbonyl (C=O) groups is 1. The van der Waals surface area contributed by atoms with Gasteiger partial charge in [0, 0.05) is 5.56 Å². The van der Waals surface area contributed by atoms with Crippen LogP contribution in [-0.4, -0.2) is 5.78 Å². The van der Waals surface area contributed by atoms with Crippen molar-refractivity contribution < 1.29 is 4.79 Å². The van der Waals surface area contributed by atoms with E-state index in [2.05, 4.69) is 13.0 Å². The third kappa shape index (κ3) is 1.72. The van der Waals surface area contributed by atoms with E-state index in [0.717, 1.165) is 11.5 Å². The fraction of sp³-hybridized carbons (Fsp3) is 0.462. The van der Waals surface area contributed by atoms with Gasteiger partial charge >= 0.3 is 0 Å². The van der Waals surface area contributed by atoms with Gasteiger partial charge in [0.25, 0.3) is 0 Å². The van der Waals surface area contributed by atoms with Gasteiger partial charge < -0.3 is 0 Å². The van der Waals surface area contributed by atoms with Gasteiger partial charge in [0.15, 0.2) is 5.78 Å². The van der Waals surface area contributed by atoms with Crippen LogP contribution in [0, 0.1) is 5.92 Å². The molecule has 2 rings (SSSR count). The smallest absolute Gasteiger partial charge is 0.160 e. The summed E-state index contributed by atoms with van der Waals surface area (Å²) in [5, 5.41) is 0. The lowest BCUT2D eigenvalue weighted by Crippen LogP contribution is -2.04. The van der Waals surface area contributed by atoms with Gasteiger partial charge in [-0.2, -0.15) is 0 Å². The van der Waals surface area contributed by atoms with E-state index >= 15 is 0 Å². The SMILES string of the molecule is CC(=O)c1ccccc1C(C)C1CC1. The van der Waals surface area contributed by atoms with Crippen LogP contribution in [0.3, 0.4) is 0 Å². The first-order valence-electron chi connectivity index (χ1n) is 5.30. The van der Waals surface area contributed by atoms with Gasteiger partial charge in [0.05, 0.1) is 0 Å². The highest BCUT2D eigenvalue weighted by Crippen LogP contribution is 2.43. The molecule has 0 bridgehead atoms. The largest absolute Gasteiger partial charge is 0.295 e. The molecule has 0 aliphatic heterocycles. The molecule has 0 radical (unpaired) electrons. The fourth-order valence-electron chi connectivity index (χ4n) is 2.06. The summed E-state index contributed by atoms with van der Waals surface area (Å²) in [4.78, 5) is 11.4. The minimum atomic E-state index is 0.188. The van der Waals surface area contributed by atoms with Crippen LogP contribution in [0.25, 0.3) is 0 Å². The predicted octanol–water partition coefficient (Wildman–Crippen LogP) is 3.40. The number of hydrogen-bond donors (Lipinski definition) is 0. The molecule has 74 valence electrons. The van der Waals surface area contributed by atoms with Crippen molar-refractivity contribution >= 4 is 5.78 Å². The molecule has 1 fully saturated rings. The number of hydrogen-bond acceptors (Lipinski definition) is 1. The second kappa shape index (κ2) is 3.56. The van der Waals surface area contributed by atoms with E-state index in [1.54, 1.807) is 6.92 Å². The van der Waals surface area contributed by atoms with E-state index in [0.29, 0.717) is 5.92 Å². The molecule has 1 saturated carbocycles. The second-order valence-corrected chi connectivity index (χ2v) is 4.27. The van der Waals surface area contributed by atoms with E-state index in [1.807, 2.05) is 18.2 Å². The average Bonchev–Trinajstić information content (AvgIpc) is 3.00. The summed E-state index contributed by atoms with van der Waals surface area (Å²) in [7, 11) is 0. The Morgan fingerprint density at radius 2 is 2.00 bits per heavy atom. The van der Waals surface area contributed by atoms with Gasteiger partial charge in [-0.15, -0.1) is 0 Å². The molecule has 0 N–H and O–H groups in total. The molecule has 1 aliphatic carbocycles. The van der Waals surface area contributed by atoms with Crippen molar-refractivity contribution in [2.24, 2.45) is 5.92 Å². The molecule has 0 spiro atoms. The number of rotatable bonds is 3. The van der Waals surface area contributed by atoms with Gasteiger partial charge in [-0.05, 0) is 37.2 Å². The molecule has 1 aromatic carbocycles. The molecule has 14 heavy (non-hydrogen) atoms. The first-order valence-corrected chi connectivity index (χ1v) is 5.30. The quantitative estimate of drug-likeness (QED) is 0.664. The predicted molar refractivity (Wildman–Crippen MR) is 57.6 cm³/mol. The summed E-state index contributed by atoms with van der Waals surface area (Å²) in [6, 6.07) is 8.01. The Hall–Kier alpha value is -1.11. The van der Waals surface area contributed by atoms with Crippen LogP contribution in [0.2, 0.25) is 0 Å². The fourth-order valence-corrected chi connectivity index (χ4v) is 2.06. The summed E-state index contributed by atoms with van der Waals surface area (Å²) < 4.78 is 0. The van der Waals surface area contributed by atoms with Gasteiger partial charge in [0.2, 0.25) is 0 Å². The normalized spacial score (nSPS) is 17.9. The molecule has 1 aromatic rings. The van der Waals surface area contributed by atoms with Crippen molar-refractivity contribution in [2.75, 3.05) is 0 Å². The molecule has 1 aliphatic rings. The Kier molecular flexibility index (Phi) is 2.40. The molecule has 0 heterocycles. The molecule has 1 nitrogen and oxygen atoms in total. The Balaban J connectivity index is 2.34. The van der Waals surface area contributed by atoms with Crippen LogP contribution in [-0.2, 0) is 0 Å². The molecule has 0 saturated heterocycles. The molecular formula is C13H16O. The highest BCUT2D eigenvalue weighted by atomic mass is 16.1. The van der Waals surface area contributed by atoms with Crippen LogP contribution in [0.1, 0.15) is 48.5 Å². The Bertz CT molecular complexity index is 350. The van der Waals surface area contributed by atoms with Crippen molar-refractivity contribution in [1.82, 2.24) is 0 Å². The van der Waals surface area contributed by atoms with Gasteiger partial charge in [-0.3, -0.25) is 4.79 Å². The lowest BCUT2D eigenvalue weighted by Gasteiger charge is -2.13. The number of carbonyl (C=O) groups excluding carboxylic acids is 1. The summed E-state index contributed by atoms with van der Waals surface area (Å²) >= 11 is 0. The zero-order valence-corrected chi connectivity index (χ0v) is 8.79. The summed E-state index contributed by atoms with van der Waals surface area (Å²) in [6.45, 7) is 3.89.